The molecule has 1 atom stereocenters. The summed E-state index contributed by atoms with van der Waals surface area (Å²) in [4.78, 5) is 25.4. The van der Waals surface area contributed by atoms with E-state index in [1.54, 1.807) is 13.3 Å². The van der Waals surface area contributed by atoms with Crippen molar-refractivity contribution in [3.8, 4) is 17.0 Å². The summed E-state index contributed by atoms with van der Waals surface area (Å²) in [5, 5.41) is 6.52. The Balaban J connectivity index is 1.30. The standard InChI is InChI=1S/C31H37N5O2/c1-20-14-16-36(17-15-20)22-12-13-25(27(18-22)38-2)34-31-32-19-26-29(35-31)24-11-7-6-10-23(24)28(30(37)33-26)21-8-4-3-5-9-21/h6-7,10-13,18-21,28H,3-5,8-9,14-17H2,1-2H3,(H,33,37)(H,32,34,35). The van der Waals surface area contributed by atoms with E-state index in [0.717, 1.165) is 60.1 Å². The Hall–Kier alpha value is -3.61. The fourth-order valence-corrected chi connectivity index (χ4v) is 6.38. The first-order valence-corrected chi connectivity index (χ1v) is 14.1. The van der Waals surface area contributed by atoms with Gasteiger partial charge in [0.25, 0.3) is 0 Å². The molecule has 3 aromatic rings. The third-order valence-electron chi connectivity index (χ3n) is 8.58. The van der Waals surface area contributed by atoms with Gasteiger partial charge in [0, 0.05) is 30.4 Å². The number of anilines is 4. The van der Waals surface area contributed by atoms with Crippen LogP contribution in [-0.2, 0) is 4.79 Å². The molecule has 38 heavy (non-hydrogen) atoms. The number of benzene rings is 2. The van der Waals surface area contributed by atoms with Crippen molar-refractivity contribution in [1.29, 1.82) is 0 Å². The Kier molecular flexibility index (Phi) is 6.92. The summed E-state index contributed by atoms with van der Waals surface area (Å²) in [5.74, 6) is 2.26. The molecule has 2 aliphatic heterocycles. The van der Waals surface area contributed by atoms with Gasteiger partial charge in [-0.25, -0.2) is 9.97 Å². The number of aromatic nitrogens is 2. The van der Waals surface area contributed by atoms with Crippen LogP contribution >= 0.6 is 0 Å². The monoisotopic (exact) mass is 511 g/mol. The molecule has 2 N–H and O–H groups in total. The third kappa shape index (κ3) is 4.82. The molecule has 3 heterocycles. The molecule has 1 saturated heterocycles. The van der Waals surface area contributed by atoms with Crippen molar-refractivity contribution >= 4 is 28.9 Å². The fourth-order valence-electron chi connectivity index (χ4n) is 6.38. The summed E-state index contributed by atoms with van der Waals surface area (Å²) in [6.07, 6.45) is 9.97. The van der Waals surface area contributed by atoms with Crippen LogP contribution in [0.4, 0.5) is 23.0 Å². The lowest BCUT2D eigenvalue weighted by molar-refractivity contribution is -0.119. The number of ether oxygens (including phenoxy) is 1. The zero-order valence-electron chi connectivity index (χ0n) is 22.4. The van der Waals surface area contributed by atoms with Gasteiger partial charge in [-0.2, -0.15) is 0 Å². The van der Waals surface area contributed by atoms with E-state index in [9.17, 15) is 4.79 Å². The molecule has 2 aromatic carbocycles. The molecular formula is C31H37N5O2. The summed E-state index contributed by atoms with van der Waals surface area (Å²) in [5.41, 5.74) is 5.47. The lowest BCUT2D eigenvalue weighted by atomic mass is 9.75. The second-order valence-electron chi connectivity index (χ2n) is 11.1. The zero-order valence-corrected chi connectivity index (χ0v) is 22.4. The van der Waals surface area contributed by atoms with Gasteiger partial charge in [-0.3, -0.25) is 4.79 Å². The molecule has 7 nitrogen and oxygen atoms in total. The number of rotatable bonds is 5. The summed E-state index contributed by atoms with van der Waals surface area (Å²) >= 11 is 0. The van der Waals surface area contributed by atoms with Crippen LogP contribution in [0.25, 0.3) is 11.3 Å². The number of hydrogen-bond donors (Lipinski definition) is 2. The number of carbonyl (C=O) groups excluding carboxylic acids is 1. The molecule has 0 bridgehead atoms. The van der Waals surface area contributed by atoms with Crippen molar-refractivity contribution < 1.29 is 9.53 Å². The predicted molar refractivity (Wildman–Crippen MR) is 152 cm³/mol. The Morgan fingerprint density at radius 1 is 1.03 bits per heavy atom. The molecule has 7 heteroatoms. The molecule has 1 amide bonds. The van der Waals surface area contributed by atoms with E-state index in [2.05, 4.69) is 51.7 Å². The third-order valence-corrected chi connectivity index (χ3v) is 8.58. The average molecular weight is 512 g/mol. The normalized spacial score (nSPS) is 20.2. The van der Waals surface area contributed by atoms with E-state index in [-0.39, 0.29) is 11.8 Å². The van der Waals surface area contributed by atoms with Crippen LogP contribution in [0.5, 0.6) is 5.75 Å². The quantitative estimate of drug-likeness (QED) is 0.395. The van der Waals surface area contributed by atoms with Gasteiger partial charge in [0.2, 0.25) is 11.9 Å². The summed E-state index contributed by atoms with van der Waals surface area (Å²) in [6.45, 7) is 4.46. The number of nitrogens with zero attached hydrogens (tertiary/aromatic N) is 3. The summed E-state index contributed by atoms with van der Waals surface area (Å²) < 4.78 is 5.75. The van der Waals surface area contributed by atoms with Gasteiger partial charge in [0.05, 0.1) is 36.3 Å². The van der Waals surface area contributed by atoms with Gasteiger partial charge in [-0.15, -0.1) is 0 Å². The SMILES string of the molecule is COc1cc(N2CCC(C)CC2)ccc1Nc1ncc2c(n1)-c1ccccc1C(C1CCCCC1)C(=O)N2. The van der Waals surface area contributed by atoms with E-state index in [1.807, 2.05) is 18.2 Å². The van der Waals surface area contributed by atoms with Crippen LogP contribution in [-0.4, -0.2) is 36.1 Å². The van der Waals surface area contributed by atoms with Crippen molar-refractivity contribution in [3.63, 3.8) is 0 Å². The van der Waals surface area contributed by atoms with Crippen LogP contribution in [0.3, 0.4) is 0 Å². The maximum atomic E-state index is 13.5. The minimum atomic E-state index is -0.164. The molecule has 1 saturated carbocycles. The second-order valence-corrected chi connectivity index (χ2v) is 11.1. The Bertz CT molecular complexity index is 1310. The number of amides is 1. The van der Waals surface area contributed by atoms with Gasteiger partial charge in [0.1, 0.15) is 5.75 Å². The largest absolute Gasteiger partial charge is 0.494 e. The lowest BCUT2D eigenvalue weighted by Crippen LogP contribution is -2.32. The molecular weight excluding hydrogens is 474 g/mol. The molecule has 1 aromatic heterocycles. The lowest BCUT2D eigenvalue weighted by Gasteiger charge is -2.32. The van der Waals surface area contributed by atoms with Crippen LogP contribution < -0.4 is 20.3 Å². The topological polar surface area (TPSA) is 79.4 Å². The van der Waals surface area contributed by atoms with Gasteiger partial charge in [-0.05, 0) is 55.2 Å². The van der Waals surface area contributed by atoms with Crippen LogP contribution in [0.2, 0.25) is 0 Å². The fraction of sp³-hybridized carbons (Fsp3) is 0.452. The van der Waals surface area contributed by atoms with Crippen LogP contribution in [0.1, 0.15) is 63.4 Å². The predicted octanol–water partition coefficient (Wildman–Crippen LogP) is 6.75. The number of carbonyl (C=O) groups is 1. The number of piperidine rings is 1. The van der Waals surface area contributed by atoms with Gasteiger partial charge in [0.15, 0.2) is 0 Å². The maximum Gasteiger partial charge on any atom is 0.232 e. The zero-order chi connectivity index (χ0) is 26.1. The van der Waals surface area contributed by atoms with Crippen molar-refractivity contribution in [1.82, 2.24) is 9.97 Å². The Labute approximate surface area is 225 Å². The average Bonchev–Trinajstić information content (AvgIpc) is 3.07. The first-order valence-electron chi connectivity index (χ1n) is 14.1. The molecule has 3 aliphatic rings. The maximum absolute atomic E-state index is 13.5. The Morgan fingerprint density at radius 3 is 2.61 bits per heavy atom. The highest BCUT2D eigenvalue weighted by Gasteiger charge is 2.36. The van der Waals surface area contributed by atoms with Crippen LogP contribution in [0.15, 0.2) is 48.7 Å². The second kappa shape index (κ2) is 10.6. The highest BCUT2D eigenvalue weighted by Crippen LogP contribution is 2.44. The molecule has 6 rings (SSSR count). The van der Waals surface area contributed by atoms with E-state index in [1.165, 1.54) is 37.8 Å². The molecule has 1 aliphatic carbocycles. The van der Waals surface area contributed by atoms with Gasteiger partial charge >= 0.3 is 0 Å². The van der Waals surface area contributed by atoms with Gasteiger partial charge in [-0.1, -0.05) is 50.5 Å². The molecule has 1 unspecified atom stereocenters. The first kappa shape index (κ1) is 24.7. The number of methoxy groups -OCH3 is 1. The minimum Gasteiger partial charge on any atom is -0.494 e. The summed E-state index contributed by atoms with van der Waals surface area (Å²) in [7, 11) is 1.69. The van der Waals surface area contributed by atoms with E-state index in [4.69, 9.17) is 9.72 Å². The molecule has 2 fully saturated rings. The highest BCUT2D eigenvalue weighted by atomic mass is 16.5. The van der Waals surface area contributed by atoms with E-state index in [0.29, 0.717) is 17.6 Å². The molecule has 0 radical (unpaired) electrons. The van der Waals surface area contributed by atoms with Crippen molar-refractivity contribution in [2.24, 2.45) is 11.8 Å². The minimum absolute atomic E-state index is 0.0526. The number of fused-ring (bicyclic) bond motifs is 3. The molecule has 198 valence electrons. The highest BCUT2D eigenvalue weighted by molar-refractivity contribution is 6.02. The summed E-state index contributed by atoms with van der Waals surface area (Å²) in [6, 6.07) is 14.5. The van der Waals surface area contributed by atoms with E-state index < -0.39 is 0 Å². The first-order chi connectivity index (χ1) is 18.6. The number of hydrogen-bond acceptors (Lipinski definition) is 6. The Morgan fingerprint density at radius 2 is 1.82 bits per heavy atom. The van der Waals surface area contributed by atoms with Crippen molar-refractivity contribution in [2.75, 3.05) is 35.7 Å². The van der Waals surface area contributed by atoms with Crippen LogP contribution in [0, 0.1) is 11.8 Å². The van der Waals surface area contributed by atoms with E-state index >= 15 is 0 Å². The van der Waals surface area contributed by atoms with Gasteiger partial charge < -0.3 is 20.3 Å². The number of nitrogens with one attached hydrogen (secondary N) is 2. The van der Waals surface area contributed by atoms with Crippen molar-refractivity contribution in [3.05, 3.63) is 54.2 Å². The van der Waals surface area contributed by atoms with Crippen molar-refractivity contribution in [2.45, 2.75) is 57.8 Å². The molecule has 0 spiro atoms. The smallest absolute Gasteiger partial charge is 0.232 e.